The summed E-state index contributed by atoms with van der Waals surface area (Å²) >= 11 is 0. The lowest BCUT2D eigenvalue weighted by molar-refractivity contribution is -0.135. The van der Waals surface area contributed by atoms with E-state index >= 15 is 0 Å². The molecule has 2 aromatic rings. The quantitative estimate of drug-likeness (QED) is 0.649. The molecule has 1 amide bonds. The molecule has 0 saturated carbocycles. The smallest absolute Gasteiger partial charge is 0.333 e. The molecule has 168 valence electrons. The number of hydrogen-bond donors (Lipinski definition) is 2. The number of halogens is 1. The van der Waals surface area contributed by atoms with E-state index in [1.54, 1.807) is 23.1 Å². The van der Waals surface area contributed by atoms with Gasteiger partial charge in [-0.3, -0.25) is 4.79 Å². The van der Waals surface area contributed by atoms with Gasteiger partial charge in [-0.05, 0) is 48.1 Å². The monoisotopic (exact) mass is 438 g/mol. The number of aryl methyl sites for hydroxylation is 1. The predicted molar refractivity (Wildman–Crippen MR) is 119 cm³/mol. The first kappa shape index (κ1) is 22.0. The summed E-state index contributed by atoms with van der Waals surface area (Å²) in [6.45, 7) is 2.89. The van der Waals surface area contributed by atoms with Crippen molar-refractivity contribution in [3.8, 4) is 5.75 Å². The first-order chi connectivity index (χ1) is 15.4. The van der Waals surface area contributed by atoms with Gasteiger partial charge in [0.2, 0.25) is 5.91 Å². The lowest BCUT2D eigenvalue weighted by Gasteiger charge is -2.43. The number of ether oxygens (including phenoxy) is 1. The van der Waals surface area contributed by atoms with E-state index in [0.29, 0.717) is 31.7 Å². The summed E-state index contributed by atoms with van der Waals surface area (Å²) in [5, 5.41) is 13.2. The van der Waals surface area contributed by atoms with Crippen LogP contribution in [0.2, 0.25) is 0 Å². The van der Waals surface area contributed by atoms with Crippen LogP contribution in [0.15, 0.2) is 54.1 Å². The van der Waals surface area contributed by atoms with Crippen LogP contribution in [0.3, 0.4) is 0 Å². The van der Waals surface area contributed by atoms with Gasteiger partial charge in [0.25, 0.3) is 0 Å². The Morgan fingerprint density at radius 1 is 1.16 bits per heavy atom. The highest BCUT2D eigenvalue weighted by Crippen LogP contribution is 2.33. The van der Waals surface area contributed by atoms with Crippen molar-refractivity contribution >= 4 is 17.4 Å². The molecule has 32 heavy (non-hydrogen) atoms. The van der Waals surface area contributed by atoms with Gasteiger partial charge in [0.15, 0.2) is 11.6 Å². The molecule has 2 heterocycles. The van der Waals surface area contributed by atoms with E-state index in [2.05, 4.69) is 5.32 Å². The summed E-state index contributed by atoms with van der Waals surface area (Å²) in [5.41, 5.74) is 3.20. The molecule has 2 bridgehead atoms. The average molecular weight is 438 g/mol. The van der Waals surface area contributed by atoms with E-state index in [1.807, 2.05) is 24.3 Å². The second-order valence-electron chi connectivity index (χ2n) is 8.32. The Labute approximate surface area is 186 Å². The number of carboxylic acid groups (broad SMARTS) is 1. The molecule has 7 heteroatoms. The van der Waals surface area contributed by atoms with Crippen molar-refractivity contribution in [2.75, 3.05) is 19.7 Å². The van der Waals surface area contributed by atoms with Crippen molar-refractivity contribution in [1.29, 1.82) is 0 Å². The Kier molecular flexibility index (Phi) is 6.55. The number of benzene rings is 2. The molecule has 1 fully saturated rings. The maximum absolute atomic E-state index is 13.6. The number of para-hydroxylation sites is 1. The molecule has 1 saturated heterocycles. The average Bonchev–Trinajstić information content (AvgIpc) is 2.77. The summed E-state index contributed by atoms with van der Waals surface area (Å²) in [4.78, 5) is 25.6. The van der Waals surface area contributed by atoms with Crippen molar-refractivity contribution < 1.29 is 23.8 Å². The van der Waals surface area contributed by atoms with Gasteiger partial charge in [-0.2, -0.15) is 0 Å². The molecule has 0 aliphatic carbocycles. The van der Waals surface area contributed by atoms with E-state index in [9.17, 15) is 19.1 Å². The molecule has 2 N–H and O–H groups in total. The molecule has 0 aromatic heterocycles. The lowest BCUT2D eigenvalue weighted by Crippen LogP contribution is -2.61. The van der Waals surface area contributed by atoms with E-state index in [-0.39, 0.29) is 29.6 Å². The number of nitrogens with one attached hydrogen (secondary N) is 1. The molecule has 2 aliphatic rings. The zero-order valence-electron chi connectivity index (χ0n) is 18.0. The fraction of sp³-hybridized carbons (Fsp3) is 0.360. The van der Waals surface area contributed by atoms with Crippen LogP contribution in [0.5, 0.6) is 5.75 Å². The highest BCUT2D eigenvalue weighted by molar-refractivity contribution is 5.98. The second-order valence-corrected chi connectivity index (χ2v) is 8.32. The summed E-state index contributed by atoms with van der Waals surface area (Å²) in [6, 6.07) is 14.0. The largest absolute Gasteiger partial charge is 0.491 e. The van der Waals surface area contributed by atoms with Crippen LogP contribution in [0, 0.1) is 5.82 Å². The first-order valence-electron chi connectivity index (χ1n) is 10.9. The first-order valence-corrected chi connectivity index (χ1v) is 10.9. The van der Waals surface area contributed by atoms with Gasteiger partial charge in [0, 0.05) is 26.1 Å². The molecular formula is C25H27FN2O4. The van der Waals surface area contributed by atoms with Crippen LogP contribution in [0.4, 0.5) is 4.39 Å². The minimum atomic E-state index is -0.948. The molecule has 2 aromatic carbocycles. The van der Waals surface area contributed by atoms with Crippen LogP contribution >= 0.6 is 0 Å². The fourth-order valence-electron chi connectivity index (χ4n) is 4.52. The van der Waals surface area contributed by atoms with Crippen molar-refractivity contribution in [2.45, 2.75) is 38.3 Å². The maximum Gasteiger partial charge on any atom is 0.333 e. The van der Waals surface area contributed by atoms with E-state index in [1.165, 1.54) is 13.0 Å². The third-order valence-corrected chi connectivity index (χ3v) is 6.09. The zero-order valence-corrected chi connectivity index (χ0v) is 18.0. The van der Waals surface area contributed by atoms with Gasteiger partial charge in [-0.15, -0.1) is 0 Å². The van der Waals surface area contributed by atoms with Gasteiger partial charge < -0.3 is 20.1 Å². The number of nitrogens with zero attached hydrogens (tertiary/aromatic N) is 1. The summed E-state index contributed by atoms with van der Waals surface area (Å²) in [6.07, 6.45) is 2.09. The third kappa shape index (κ3) is 4.83. The maximum atomic E-state index is 13.6. The number of aliphatic carboxylic acids is 1. The van der Waals surface area contributed by atoms with Crippen molar-refractivity contribution in [3.63, 3.8) is 0 Å². The van der Waals surface area contributed by atoms with Crippen molar-refractivity contribution in [1.82, 2.24) is 10.2 Å². The zero-order chi connectivity index (χ0) is 22.7. The number of fused-ring (bicyclic) bond motifs is 2. The molecule has 0 radical (unpaired) electrons. The fourth-order valence-corrected chi connectivity index (χ4v) is 4.52. The van der Waals surface area contributed by atoms with Crippen LogP contribution in [-0.2, 0) is 16.0 Å². The highest BCUT2D eigenvalue weighted by Gasteiger charge is 2.38. The number of carbonyl (C=O) groups excluding carboxylic acids is 1. The van der Waals surface area contributed by atoms with Gasteiger partial charge in [0.05, 0.1) is 18.2 Å². The minimum absolute atomic E-state index is 0.0296. The van der Waals surface area contributed by atoms with Gasteiger partial charge in [-0.1, -0.05) is 36.4 Å². The second kappa shape index (κ2) is 9.53. The number of carbonyl (C=O) groups is 2. The number of piperazine rings is 1. The van der Waals surface area contributed by atoms with E-state index < -0.39 is 5.97 Å². The van der Waals surface area contributed by atoms with Gasteiger partial charge >= 0.3 is 5.97 Å². The molecule has 0 spiro atoms. The summed E-state index contributed by atoms with van der Waals surface area (Å²) in [5.74, 6) is -1.08. The van der Waals surface area contributed by atoms with Crippen LogP contribution in [0.1, 0.15) is 30.9 Å². The van der Waals surface area contributed by atoms with Crippen LogP contribution in [0.25, 0.3) is 5.57 Å². The Hall–Kier alpha value is -3.19. The van der Waals surface area contributed by atoms with Gasteiger partial charge in [0.1, 0.15) is 0 Å². The van der Waals surface area contributed by atoms with Crippen molar-refractivity contribution in [2.24, 2.45) is 0 Å². The molecule has 2 unspecified atom stereocenters. The number of amides is 1. The van der Waals surface area contributed by atoms with E-state index in [4.69, 9.17) is 4.74 Å². The standard InChI is InChI=1S/C25H27FN2O4/c1-16(29)28-14-19-13-20(24(25(30)31)22(15-28)27-19)18-10-8-17(9-11-18)5-4-12-32-23-7-3-2-6-21(23)26/h2-3,6-11,19,22,27H,4-5,12-15H2,1H3,(H,30,31). The number of carboxylic acids is 1. The SMILES string of the molecule is CC(=O)N1CC2CC(c3ccc(CCCOc4ccccc4F)cc3)=C(C(=O)O)C(C1)N2. The van der Waals surface area contributed by atoms with Crippen LogP contribution < -0.4 is 10.1 Å². The Morgan fingerprint density at radius 3 is 2.59 bits per heavy atom. The van der Waals surface area contributed by atoms with E-state index in [0.717, 1.165) is 29.5 Å². The number of hydrogen-bond acceptors (Lipinski definition) is 4. The summed E-state index contributed by atoms with van der Waals surface area (Å²) in [7, 11) is 0. The molecule has 6 nitrogen and oxygen atoms in total. The normalized spacial score (nSPS) is 20.2. The summed E-state index contributed by atoms with van der Waals surface area (Å²) < 4.78 is 19.1. The predicted octanol–water partition coefficient (Wildman–Crippen LogP) is 3.27. The molecule has 2 atom stereocenters. The van der Waals surface area contributed by atoms with Gasteiger partial charge in [-0.25, -0.2) is 9.18 Å². The van der Waals surface area contributed by atoms with Crippen molar-refractivity contribution in [3.05, 3.63) is 71.0 Å². The molecular weight excluding hydrogens is 411 g/mol. The Morgan fingerprint density at radius 2 is 1.91 bits per heavy atom. The Balaban J connectivity index is 1.42. The topological polar surface area (TPSA) is 78.9 Å². The Bertz CT molecular complexity index is 1030. The molecule has 4 rings (SSSR count). The lowest BCUT2D eigenvalue weighted by atomic mass is 9.83. The third-order valence-electron chi connectivity index (χ3n) is 6.09. The number of rotatable bonds is 7. The molecule has 2 aliphatic heterocycles. The highest BCUT2D eigenvalue weighted by atomic mass is 19.1. The van der Waals surface area contributed by atoms with Crippen LogP contribution in [-0.4, -0.2) is 53.7 Å². The minimum Gasteiger partial charge on any atom is -0.491 e.